The maximum Gasteiger partial charge on any atom is 0.00956 e. The minimum Gasteiger partial charge on any atom is -0.314 e. The number of rotatable bonds is 8. The van der Waals surface area contributed by atoms with Crippen molar-refractivity contribution in [2.24, 2.45) is 5.92 Å². The predicted molar refractivity (Wildman–Crippen MR) is 92.7 cm³/mol. The Hall–Kier alpha value is -0.820. The second-order valence-electron chi connectivity index (χ2n) is 6.69. The summed E-state index contributed by atoms with van der Waals surface area (Å²) in [5.74, 6) is 1.66. The fourth-order valence-corrected chi connectivity index (χ4v) is 3.98. The highest BCUT2D eigenvalue weighted by atomic mass is 14.9. The van der Waals surface area contributed by atoms with Crippen LogP contribution >= 0.6 is 0 Å². The van der Waals surface area contributed by atoms with E-state index in [9.17, 15) is 0 Å². The molecular formula is C20H33N. The highest BCUT2D eigenvalue weighted by Gasteiger charge is 2.30. The van der Waals surface area contributed by atoms with Crippen LogP contribution in [0.25, 0.3) is 0 Å². The van der Waals surface area contributed by atoms with E-state index in [-0.39, 0.29) is 0 Å². The molecule has 3 unspecified atom stereocenters. The van der Waals surface area contributed by atoms with Gasteiger partial charge in [0.1, 0.15) is 0 Å². The van der Waals surface area contributed by atoms with Gasteiger partial charge in [0.15, 0.2) is 0 Å². The SMILES string of the molecule is CCCCCCC1CC(c2ccccc2)CCC1NCC. The molecule has 0 radical (unpaired) electrons. The molecule has 1 aliphatic rings. The molecule has 0 amide bonds. The lowest BCUT2D eigenvalue weighted by Gasteiger charge is -2.37. The molecule has 0 heterocycles. The Labute approximate surface area is 131 Å². The van der Waals surface area contributed by atoms with Crippen LogP contribution in [-0.4, -0.2) is 12.6 Å². The molecule has 1 nitrogen and oxygen atoms in total. The fraction of sp³-hybridized carbons (Fsp3) is 0.700. The van der Waals surface area contributed by atoms with Gasteiger partial charge in [0.2, 0.25) is 0 Å². The van der Waals surface area contributed by atoms with Gasteiger partial charge in [0.05, 0.1) is 0 Å². The molecule has 1 saturated carbocycles. The van der Waals surface area contributed by atoms with Gasteiger partial charge in [-0.15, -0.1) is 0 Å². The molecule has 1 aromatic carbocycles. The third-order valence-corrected chi connectivity index (χ3v) is 5.15. The highest BCUT2D eigenvalue weighted by molar-refractivity contribution is 5.20. The number of unbranched alkanes of at least 4 members (excludes halogenated alkanes) is 3. The topological polar surface area (TPSA) is 12.0 Å². The molecule has 0 aliphatic heterocycles. The molecule has 1 aliphatic carbocycles. The molecule has 1 aromatic rings. The Morgan fingerprint density at radius 3 is 2.52 bits per heavy atom. The van der Waals surface area contributed by atoms with E-state index in [0.29, 0.717) is 0 Å². The fourth-order valence-electron chi connectivity index (χ4n) is 3.98. The van der Waals surface area contributed by atoms with Crippen LogP contribution in [0, 0.1) is 5.92 Å². The Balaban J connectivity index is 1.91. The van der Waals surface area contributed by atoms with Crippen LogP contribution in [-0.2, 0) is 0 Å². The van der Waals surface area contributed by atoms with E-state index in [1.165, 1.54) is 51.4 Å². The predicted octanol–water partition coefficient (Wildman–Crippen LogP) is 5.52. The van der Waals surface area contributed by atoms with Crippen molar-refractivity contribution in [1.82, 2.24) is 5.32 Å². The number of benzene rings is 1. The van der Waals surface area contributed by atoms with E-state index in [1.54, 1.807) is 5.56 Å². The van der Waals surface area contributed by atoms with Crippen LogP contribution in [0.1, 0.15) is 76.7 Å². The van der Waals surface area contributed by atoms with E-state index in [0.717, 1.165) is 24.4 Å². The summed E-state index contributed by atoms with van der Waals surface area (Å²) in [5, 5.41) is 3.75. The quantitative estimate of drug-likeness (QED) is 0.621. The van der Waals surface area contributed by atoms with Crippen LogP contribution in [0.5, 0.6) is 0 Å². The average molecular weight is 287 g/mol. The first-order valence-electron chi connectivity index (χ1n) is 9.13. The van der Waals surface area contributed by atoms with Gasteiger partial charge in [-0.3, -0.25) is 0 Å². The molecule has 21 heavy (non-hydrogen) atoms. The number of hydrogen-bond acceptors (Lipinski definition) is 1. The maximum atomic E-state index is 3.75. The summed E-state index contributed by atoms with van der Waals surface area (Å²) in [4.78, 5) is 0. The van der Waals surface area contributed by atoms with Crippen LogP contribution < -0.4 is 5.32 Å². The zero-order valence-electron chi connectivity index (χ0n) is 14.0. The first-order valence-corrected chi connectivity index (χ1v) is 9.13. The van der Waals surface area contributed by atoms with Crippen molar-refractivity contribution in [1.29, 1.82) is 0 Å². The van der Waals surface area contributed by atoms with Gasteiger partial charge >= 0.3 is 0 Å². The highest BCUT2D eigenvalue weighted by Crippen LogP contribution is 2.38. The first kappa shape index (κ1) is 16.5. The summed E-state index contributed by atoms with van der Waals surface area (Å²) >= 11 is 0. The van der Waals surface area contributed by atoms with Crippen molar-refractivity contribution in [2.75, 3.05) is 6.54 Å². The molecule has 0 saturated heterocycles. The Morgan fingerprint density at radius 2 is 1.81 bits per heavy atom. The summed E-state index contributed by atoms with van der Waals surface area (Å²) in [7, 11) is 0. The van der Waals surface area contributed by atoms with Gasteiger partial charge in [-0.25, -0.2) is 0 Å². The standard InChI is InChI=1S/C20H33N/c1-3-5-6-8-13-19-16-18(14-15-20(19)21-4-2)17-11-9-7-10-12-17/h7,9-12,18-21H,3-6,8,13-16H2,1-2H3. The number of nitrogens with one attached hydrogen (secondary N) is 1. The van der Waals surface area contributed by atoms with Gasteiger partial charge in [-0.2, -0.15) is 0 Å². The van der Waals surface area contributed by atoms with Crippen molar-refractivity contribution in [3.63, 3.8) is 0 Å². The normalized spacial score (nSPS) is 25.9. The van der Waals surface area contributed by atoms with Crippen molar-refractivity contribution in [2.45, 2.75) is 77.2 Å². The monoisotopic (exact) mass is 287 g/mol. The lowest BCUT2D eigenvalue weighted by Crippen LogP contribution is -2.40. The Kier molecular flexibility index (Phi) is 7.29. The lowest BCUT2D eigenvalue weighted by atomic mass is 9.73. The molecular weight excluding hydrogens is 254 g/mol. The average Bonchev–Trinajstić information content (AvgIpc) is 2.54. The molecule has 0 aromatic heterocycles. The van der Waals surface area contributed by atoms with E-state index in [1.807, 2.05) is 0 Å². The van der Waals surface area contributed by atoms with Crippen LogP contribution in [0.2, 0.25) is 0 Å². The summed E-state index contributed by atoms with van der Waals surface area (Å²) < 4.78 is 0. The van der Waals surface area contributed by atoms with Crippen molar-refractivity contribution >= 4 is 0 Å². The molecule has 0 spiro atoms. The van der Waals surface area contributed by atoms with E-state index in [4.69, 9.17) is 0 Å². The largest absolute Gasteiger partial charge is 0.314 e. The molecule has 1 fully saturated rings. The zero-order valence-corrected chi connectivity index (χ0v) is 14.0. The molecule has 118 valence electrons. The summed E-state index contributed by atoms with van der Waals surface area (Å²) in [6.45, 7) is 5.66. The lowest BCUT2D eigenvalue weighted by molar-refractivity contribution is 0.225. The first-order chi connectivity index (χ1) is 10.3. The van der Waals surface area contributed by atoms with Crippen LogP contribution in [0.3, 0.4) is 0 Å². The van der Waals surface area contributed by atoms with E-state index < -0.39 is 0 Å². The minimum absolute atomic E-state index is 0.761. The van der Waals surface area contributed by atoms with Crippen LogP contribution in [0.4, 0.5) is 0 Å². The minimum atomic E-state index is 0.761. The Bertz CT molecular complexity index is 373. The number of hydrogen-bond donors (Lipinski definition) is 1. The third-order valence-electron chi connectivity index (χ3n) is 5.15. The molecule has 3 atom stereocenters. The van der Waals surface area contributed by atoms with Gasteiger partial charge in [0.25, 0.3) is 0 Å². The van der Waals surface area contributed by atoms with Crippen LogP contribution in [0.15, 0.2) is 30.3 Å². The van der Waals surface area contributed by atoms with E-state index >= 15 is 0 Å². The van der Waals surface area contributed by atoms with Gasteiger partial charge in [-0.05, 0) is 49.6 Å². The third kappa shape index (κ3) is 5.14. The van der Waals surface area contributed by atoms with Crippen molar-refractivity contribution in [3.05, 3.63) is 35.9 Å². The molecule has 1 heteroatoms. The molecule has 2 rings (SSSR count). The second-order valence-corrected chi connectivity index (χ2v) is 6.69. The van der Waals surface area contributed by atoms with Crippen molar-refractivity contribution in [3.8, 4) is 0 Å². The van der Waals surface area contributed by atoms with Crippen molar-refractivity contribution < 1.29 is 0 Å². The Morgan fingerprint density at radius 1 is 1.00 bits per heavy atom. The molecule has 0 bridgehead atoms. The molecule has 1 N–H and O–H groups in total. The summed E-state index contributed by atoms with van der Waals surface area (Å²) in [6, 6.07) is 11.9. The zero-order chi connectivity index (χ0) is 14.9. The summed E-state index contributed by atoms with van der Waals surface area (Å²) in [5.41, 5.74) is 1.56. The maximum absolute atomic E-state index is 3.75. The summed E-state index contributed by atoms with van der Waals surface area (Å²) in [6.07, 6.45) is 11.1. The second kappa shape index (κ2) is 9.25. The van der Waals surface area contributed by atoms with E-state index in [2.05, 4.69) is 49.5 Å². The van der Waals surface area contributed by atoms with Gasteiger partial charge in [-0.1, -0.05) is 69.9 Å². The van der Waals surface area contributed by atoms with Gasteiger partial charge < -0.3 is 5.32 Å². The smallest absolute Gasteiger partial charge is 0.00956 e. The van der Waals surface area contributed by atoms with Gasteiger partial charge in [0, 0.05) is 6.04 Å².